The number of methoxy groups -OCH3 is 1. The molecule has 3 rings (SSSR count). The van der Waals surface area contributed by atoms with E-state index in [2.05, 4.69) is 32.7 Å². The highest BCUT2D eigenvalue weighted by molar-refractivity contribution is 14.1. The molecule has 2 aromatic heterocycles. The Kier molecular flexibility index (Phi) is 4.39. The third kappa shape index (κ3) is 2.98. The molecule has 0 unspecified atom stereocenters. The molecule has 120 valence electrons. The minimum atomic E-state index is -0.310. The molecule has 7 nitrogen and oxygen atoms in total. The summed E-state index contributed by atoms with van der Waals surface area (Å²) >= 11 is 3.60. The van der Waals surface area contributed by atoms with Crippen molar-refractivity contribution in [3.8, 4) is 22.6 Å². The van der Waals surface area contributed by atoms with Gasteiger partial charge >= 0.3 is 11.7 Å². The maximum absolute atomic E-state index is 12.4. The van der Waals surface area contributed by atoms with Gasteiger partial charge in [0.1, 0.15) is 5.69 Å². The van der Waals surface area contributed by atoms with Gasteiger partial charge in [-0.1, -0.05) is 23.5 Å². The van der Waals surface area contributed by atoms with Crippen LogP contribution in [-0.2, 0) is 7.05 Å². The van der Waals surface area contributed by atoms with Gasteiger partial charge in [-0.3, -0.25) is 0 Å². The molecular weight excluding hydrogens is 431 g/mol. The second-order valence-corrected chi connectivity index (χ2v) is 7.57. The predicted octanol–water partition coefficient (Wildman–Crippen LogP) is 2.74. The van der Waals surface area contributed by atoms with E-state index in [0.717, 1.165) is 8.45 Å². The van der Waals surface area contributed by atoms with Crippen LogP contribution in [0, 0.1) is 9.81 Å². The molecule has 2 heterocycles. The van der Waals surface area contributed by atoms with E-state index in [9.17, 15) is 4.79 Å². The summed E-state index contributed by atoms with van der Waals surface area (Å²) in [5.74, 6) is 0.518. The fraction of sp³-hybridized carbons (Fsp3) is 0.214. The molecule has 1 aromatic carbocycles. The number of para-hydroxylation sites is 1. The molecule has 3 aromatic rings. The molecule has 0 radical (unpaired) electrons. The van der Waals surface area contributed by atoms with Crippen molar-refractivity contribution in [2.75, 3.05) is 7.11 Å². The van der Waals surface area contributed by atoms with Crippen molar-refractivity contribution in [2.45, 2.75) is 6.92 Å². The van der Waals surface area contributed by atoms with Crippen LogP contribution < -0.4 is 15.2 Å². The molecule has 23 heavy (non-hydrogen) atoms. The number of halogens is 1. The van der Waals surface area contributed by atoms with Crippen LogP contribution in [0.15, 0.2) is 29.2 Å². The minimum absolute atomic E-state index is 0.199. The Morgan fingerprint density at radius 3 is 2.78 bits per heavy atom. The number of aromatic nitrogens is 4. The summed E-state index contributed by atoms with van der Waals surface area (Å²) in [5.41, 5.74) is 1.14. The first-order valence-corrected chi connectivity index (χ1v) is 8.50. The fourth-order valence-electron chi connectivity index (χ4n) is 2.15. The van der Waals surface area contributed by atoms with Crippen molar-refractivity contribution in [2.24, 2.45) is 7.05 Å². The van der Waals surface area contributed by atoms with Crippen LogP contribution in [0.4, 0.5) is 0 Å². The van der Waals surface area contributed by atoms with E-state index >= 15 is 0 Å². The summed E-state index contributed by atoms with van der Waals surface area (Å²) in [7, 11) is 3.05. The van der Waals surface area contributed by atoms with Crippen molar-refractivity contribution in [1.82, 2.24) is 19.3 Å². The number of benzene rings is 1. The first-order chi connectivity index (χ1) is 11.0. The van der Waals surface area contributed by atoms with Crippen molar-refractivity contribution in [3.05, 3.63) is 43.3 Å². The summed E-state index contributed by atoms with van der Waals surface area (Å²) in [4.78, 5) is 16.6. The monoisotopic (exact) mass is 444 g/mol. The smallest absolute Gasteiger partial charge is 0.353 e. The first-order valence-electron chi connectivity index (χ1n) is 6.60. The summed E-state index contributed by atoms with van der Waals surface area (Å²) in [5, 5.41) is 4.58. The predicted molar refractivity (Wildman–Crippen MR) is 95.0 cm³/mol. The lowest BCUT2D eigenvalue weighted by molar-refractivity contribution is 0.366. The number of hydrogen-bond donors (Lipinski definition) is 0. The van der Waals surface area contributed by atoms with Gasteiger partial charge in [0.2, 0.25) is 0 Å². The van der Waals surface area contributed by atoms with Gasteiger partial charge in [-0.15, -0.1) is 5.10 Å². The SMILES string of the molecule is COc1nn(C)c(=O)n1-c1c(C)cccc1Oc1ncc(I)s1. The molecule has 0 amide bonds. The number of hydrogen-bond acceptors (Lipinski definition) is 6. The topological polar surface area (TPSA) is 71.2 Å². The van der Waals surface area contributed by atoms with Crippen molar-refractivity contribution >= 4 is 33.9 Å². The van der Waals surface area contributed by atoms with E-state index in [1.54, 1.807) is 19.3 Å². The van der Waals surface area contributed by atoms with E-state index in [4.69, 9.17) is 9.47 Å². The second-order valence-electron chi connectivity index (χ2n) is 4.68. The zero-order valence-corrected chi connectivity index (χ0v) is 15.6. The molecule has 0 N–H and O–H groups in total. The highest BCUT2D eigenvalue weighted by Gasteiger charge is 2.20. The highest BCUT2D eigenvalue weighted by Crippen LogP contribution is 2.33. The Labute approximate surface area is 149 Å². The van der Waals surface area contributed by atoms with E-state index in [1.165, 1.54) is 27.7 Å². The second kappa shape index (κ2) is 6.32. The normalized spacial score (nSPS) is 10.8. The van der Waals surface area contributed by atoms with Gasteiger partial charge in [-0.05, 0) is 41.1 Å². The van der Waals surface area contributed by atoms with Gasteiger partial charge in [-0.2, -0.15) is 0 Å². The van der Waals surface area contributed by atoms with Gasteiger partial charge in [0.15, 0.2) is 5.75 Å². The molecular formula is C14H13IN4O3S. The lowest BCUT2D eigenvalue weighted by Gasteiger charge is -2.13. The largest absolute Gasteiger partial charge is 0.467 e. The van der Waals surface area contributed by atoms with Crippen molar-refractivity contribution in [3.63, 3.8) is 0 Å². The molecule has 9 heteroatoms. The average Bonchev–Trinajstić information content (AvgIpc) is 3.04. The Morgan fingerprint density at radius 2 is 2.13 bits per heavy atom. The van der Waals surface area contributed by atoms with Crippen molar-refractivity contribution in [1.29, 1.82) is 0 Å². The average molecular weight is 444 g/mol. The number of ether oxygens (including phenoxy) is 2. The van der Waals surface area contributed by atoms with Crippen LogP contribution in [0.1, 0.15) is 5.56 Å². The standard InChI is InChI=1S/C14H13IN4O3S/c1-8-5-4-6-9(22-13-16-7-10(15)23-13)11(8)19-12(21-3)17-18(2)14(19)20/h4-7H,1-3H3. The van der Waals surface area contributed by atoms with E-state index in [0.29, 0.717) is 16.6 Å². The number of thiazole rings is 1. The summed E-state index contributed by atoms with van der Waals surface area (Å²) < 4.78 is 14.7. The molecule has 0 fully saturated rings. The highest BCUT2D eigenvalue weighted by atomic mass is 127. The van der Waals surface area contributed by atoms with Crippen LogP contribution in [-0.4, -0.2) is 26.4 Å². The molecule has 0 saturated heterocycles. The summed E-state index contributed by atoms with van der Waals surface area (Å²) in [6.07, 6.45) is 1.73. The Morgan fingerprint density at radius 1 is 1.35 bits per heavy atom. The maximum atomic E-state index is 12.4. The van der Waals surface area contributed by atoms with Crippen LogP contribution in [0.3, 0.4) is 0 Å². The summed E-state index contributed by atoms with van der Waals surface area (Å²) in [6.45, 7) is 1.90. The Hall–Kier alpha value is -1.88. The molecule has 0 bridgehead atoms. The van der Waals surface area contributed by atoms with Gasteiger partial charge in [-0.25, -0.2) is 19.0 Å². The van der Waals surface area contributed by atoms with Crippen LogP contribution in [0.5, 0.6) is 17.0 Å². The lowest BCUT2D eigenvalue weighted by atomic mass is 10.2. The Bertz CT molecular complexity index is 915. The van der Waals surface area contributed by atoms with Gasteiger partial charge in [0, 0.05) is 7.05 Å². The van der Waals surface area contributed by atoms with Gasteiger partial charge < -0.3 is 9.47 Å². The molecule has 0 saturated carbocycles. The number of nitrogens with zero attached hydrogens (tertiary/aromatic N) is 4. The van der Waals surface area contributed by atoms with Crippen molar-refractivity contribution < 1.29 is 9.47 Å². The zero-order chi connectivity index (χ0) is 16.6. The van der Waals surface area contributed by atoms with E-state index < -0.39 is 0 Å². The quantitative estimate of drug-likeness (QED) is 0.579. The van der Waals surface area contributed by atoms with E-state index in [-0.39, 0.29) is 11.7 Å². The molecule has 0 spiro atoms. The first kappa shape index (κ1) is 16.0. The van der Waals surface area contributed by atoms with Gasteiger partial charge in [0.05, 0.1) is 16.2 Å². The molecule has 0 aliphatic rings. The van der Waals surface area contributed by atoms with Crippen LogP contribution in [0.2, 0.25) is 0 Å². The Balaban J connectivity index is 2.18. The molecule has 0 aliphatic carbocycles. The minimum Gasteiger partial charge on any atom is -0.467 e. The maximum Gasteiger partial charge on any atom is 0.353 e. The van der Waals surface area contributed by atoms with Gasteiger partial charge in [0.25, 0.3) is 5.19 Å². The number of rotatable bonds is 4. The van der Waals surface area contributed by atoms with E-state index in [1.807, 2.05) is 19.1 Å². The number of aryl methyl sites for hydroxylation is 2. The lowest BCUT2D eigenvalue weighted by Crippen LogP contribution is -2.22. The fourth-order valence-corrected chi connectivity index (χ4v) is 3.36. The molecule has 0 atom stereocenters. The zero-order valence-electron chi connectivity index (χ0n) is 12.6. The third-order valence-electron chi connectivity index (χ3n) is 3.16. The summed E-state index contributed by atoms with van der Waals surface area (Å²) in [6, 6.07) is 5.74. The van der Waals surface area contributed by atoms with Crippen LogP contribution in [0.25, 0.3) is 5.69 Å². The third-order valence-corrected chi connectivity index (χ3v) is 4.76. The van der Waals surface area contributed by atoms with Crippen LogP contribution >= 0.6 is 33.9 Å². The molecule has 0 aliphatic heterocycles.